The maximum atomic E-state index is 13.1. The maximum Gasteiger partial charge on any atom is 0.123 e. The average molecular weight is 249 g/mol. The van der Waals surface area contributed by atoms with E-state index in [0.717, 1.165) is 18.0 Å². The van der Waals surface area contributed by atoms with Gasteiger partial charge in [-0.15, -0.1) is 0 Å². The molecule has 0 aromatic heterocycles. The summed E-state index contributed by atoms with van der Waals surface area (Å²) in [5, 5.41) is 3.56. The van der Waals surface area contributed by atoms with Crippen LogP contribution in [0.25, 0.3) is 0 Å². The second kappa shape index (κ2) is 6.89. The molecule has 1 aromatic carbocycles. The highest BCUT2D eigenvalue weighted by Crippen LogP contribution is 2.25. The van der Waals surface area contributed by atoms with Crippen molar-refractivity contribution in [2.24, 2.45) is 5.92 Å². The van der Waals surface area contributed by atoms with Crippen LogP contribution in [-0.2, 0) is 6.54 Å². The van der Waals surface area contributed by atoms with Crippen LogP contribution in [0.2, 0.25) is 0 Å². The maximum absolute atomic E-state index is 13.1. The molecule has 18 heavy (non-hydrogen) atoms. The largest absolute Gasteiger partial charge is 0.310 e. The fourth-order valence-corrected chi connectivity index (χ4v) is 2.90. The molecule has 2 rings (SSSR count). The molecule has 1 N–H and O–H groups in total. The normalized spacial score (nSPS) is 19.4. The van der Waals surface area contributed by atoms with Gasteiger partial charge in [0.2, 0.25) is 0 Å². The van der Waals surface area contributed by atoms with E-state index < -0.39 is 0 Å². The Morgan fingerprint density at radius 1 is 1.22 bits per heavy atom. The highest BCUT2D eigenvalue weighted by molar-refractivity contribution is 5.16. The van der Waals surface area contributed by atoms with E-state index in [-0.39, 0.29) is 5.82 Å². The molecule has 0 bridgehead atoms. The van der Waals surface area contributed by atoms with Crippen LogP contribution in [0.3, 0.4) is 0 Å². The second-order valence-electron chi connectivity index (χ2n) is 5.55. The molecule has 1 saturated carbocycles. The van der Waals surface area contributed by atoms with Gasteiger partial charge in [-0.2, -0.15) is 0 Å². The van der Waals surface area contributed by atoms with Crippen molar-refractivity contribution in [1.82, 2.24) is 5.32 Å². The van der Waals surface area contributed by atoms with Crippen molar-refractivity contribution >= 4 is 0 Å². The standard InChI is InChI=1S/C16H24FN/c1-13(15-8-4-2-3-5-9-15)18-12-14-7-6-10-16(17)11-14/h6-7,10-11,13,15,18H,2-5,8-9,12H2,1H3/t13-/m0/s1. The minimum absolute atomic E-state index is 0.142. The summed E-state index contributed by atoms with van der Waals surface area (Å²) in [7, 11) is 0. The fraction of sp³-hybridized carbons (Fsp3) is 0.625. The van der Waals surface area contributed by atoms with Gasteiger partial charge in [0.05, 0.1) is 0 Å². The van der Waals surface area contributed by atoms with Gasteiger partial charge >= 0.3 is 0 Å². The van der Waals surface area contributed by atoms with Gasteiger partial charge in [-0.25, -0.2) is 4.39 Å². The van der Waals surface area contributed by atoms with Crippen molar-refractivity contribution in [2.75, 3.05) is 0 Å². The smallest absolute Gasteiger partial charge is 0.123 e. The van der Waals surface area contributed by atoms with Crippen molar-refractivity contribution in [1.29, 1.82) is 0 Å². The predicted octanol–water partition coefficient (Wildman–Crippen LogP) is 4.27. The molecule has 0 saturated heterocycles. The van der Waals surface area contributed by atoms with Crippen LogP contribution in [0.1, 0.15) is 51.0 Å². The van der Waals surface area contributed by atoms with Crippen molar-refractivity contribution in [2.45, 2.75) is 58.0 Å². The van der Waals surface area contributed by atoms with E-state index in [9.17, 15) is 4.39 Å². The Bertz CT molecular complexity index is 356. The molecule has 0 heterocycles. The molecule has 100 valence electrons. The van der Waals surface area contributed by atoms with Crippen LogP contribution < -0.4 is 5.32 Å². The lowest BCUT2D eigenvalue weighted by molar-refractivity contribution is 0.336. The molecule has 1 fully saturated rings. The Balaban J connectivity index is 1.81. The molecule has 1 aliphatic rings. The summed E-state index contributed by atoms with van der Waals surface area (Å²) >= 11 is 0. The summed E-state index contributed by atoms with van der Waals surface area (Å²) in [6.45, 7) is 3.05. The van der Waals surface area contributed by atoms with Gasteiger partial charge in [0.1, 0.15) is 5.82 Å². The molecule has 1 atom stereocenters. The lowest BCUT2D eigenvalue weighted by Crippen LogP contribution is -2.32. The molecule has 1 aromatic rings. The van der Waals surface area contributed by atoms with Crippen LogP contribution in [0.4, 0.5) is 4.39 Å². The summed E-state index contributed by atoms with van der Waals surface area (Å²) in [6.07, 6.45) is 8.22. The molecular weight excluding hydrogens is 225 g/mol. The Kier molecular flexibility index (Phi) is 5.18. The van der Waals surface area contributed by atoms with Crippen LogP contribution in [-0.4, -0.2) is 6.04 Å². The Hall–Kier alpha value is -0.890. The van der Waals surface area contributed by atoms with Gasteiger partial charge in [-0.05, 0) is 43.4 Å². The van der Waals surface area contributed by atoms with E-state index in [1.54, 1.807) is 12.1 Å². The van der Waals surface area contributed by atoms with Crippen LogP contribution >= 0.6 is 0 Å². The minimum atomic E-state index is -0.142. The predicted molar refractivity (Wildman–Crippen MR) is 73.9 cm³/mol. The van der Waals surface area contributed by atoms with Crippen LogP contribution in [0.5, 0.6) is 0 Å². The van der Waals surface area contributed by atoms with Crippen LogP contribution in [0, 0.1) is 11.7 Å². The first-order chi connectivity index (χ1) is 8.75. The molecule has 0 unspecified atom stereocenters. The van der Waals surface area contributed by atoms with Gasteiger partial charge in [0.15, 0.2) is 0 Å². The third-order valence-electron chi connectivity index (χ3n) is 4.12. The highest BCUT2D eigenvalue weighted by Gasteiger charge is 2.18. The van der Waals surface area contributed by atoms with Gasteiger partial charge in [-0.3, -0.25) is 0 Å². The Morgan fingerprint density at radius 3 is 2.61 bits per heavy atom. The van der Waals surface area contributed by atoms with Crippen molar-refractivity contribution < 1.29 is 4.39 Å². The SMILES string of the molecule is C[C@H](NCc1cccc(F)c1)C1CCCCCC1. The highest BCUT2D eigenvalue weighted by atomic mass is 19.1. The van der Waals surface area contributed by atoms with Gasteiger partial charge in [-0.1, -0.05) is 37.8 Å². The molecule has 1 aliphatic carbocycles. The van der Waals surface area contributed by atoms with E-state index in [0.29, 0.717) is 6.04 Å². The first kappa shape index (κ1) is 13.5. The van der Waals surface area contributed by atoms with E-state index in [1.165, 1.54) is 44.6 Å². The first-order valence-corrected chi connectivity index (χ1v) is 7.23. The molecule has 0 spiro atoms. The lowest BCUT2D eigenvalue weighted by Gasteiger charge is -2.23. The second-order valence-corrected chi connectivity index (χ2v) is 5.55. The number of hydrogen-bond donors (Lipinski definition) is 1. The quantitative estimate of drug-likeness (QED) is 0.786. The monoisotopic (exact) mass is 249 g/mol. The third-order valence-corrected chi connectivity index (χ3v) is 4.12. The summed E-state index contributed by atoms with van der Waals surface area (Å²) < 4.78 is 13.1. The van der Waals surface area contributed by atoms with Gasteiger partial charge < -0.3 is 5.32 Å². The van der Waals surface area contributed by atoms with E-state index in [4.69, 9.17) is 0 Å². The zero-order valence-corrected chi connectivity index (χ0v) is 11.3. The molecule has 0 radical (unpaired) electrons. The molecule has 2 heteroatoms. The number of halogens is 1. The Morgan fingerprint density at radius 2 is 1.94 bits per heavy atom. The average Bonchev–Trinajstić information content (AvgIpc) is 2.65. The molecule has 0 aliphatic heterocycles. The molecule has 0 amide bonds. The number of hydrogen-bond acceptors (Lipinski definition) is 1. The summed E-state index contributed by atoms with van der Waals surface area (Å²) in [6, 6.07) is 7.41. The van der Waals surface area contributed by atoms with E-state index in [1.807, 2.05) is 6.07 Å². The topological polar surface area (TPSA) is 12.0 Å². The van der Waals surface area contributed by atoms with Gasteiger partial charge in [0.25, 0.3) is 0 Å². The number of benzene rings is 1. The Labute approximate surface area is 110 Å². The van der Waals surface area contributed by atoms with Crippen LogP contribution in [0.15, 0.2) is 24.3 Å². The zero-order chi connectivity index (χ0) is 12.8. The zero-order valence-electron chi connectivity index (χ0n) is 11.3. The molecular formula is C16H24FN. The fourth-order valence-electron chi connectivity index (χ4n) is 2.90. The van der Waals surface area contributed by atoms with Crippen molar-refractivity contribution in [3.8, 4) is 0 Å². The number of nitrogens with one attached hydrogen (secondary N) is 1. The van der Waals surface area contributed by atoms with Crippen molar-refractivity contribution in [3.05, 3.63) is 35.6 Å². The van der Waals surface area contributed by atoms with E-state index >= 15 is 0 Å². The summed E-state index contributed by atoms with van der Waals surface area (Å²) in [5.41, 5.74) is 1.04. The van der Waals surface area contributed by atoms with E-state index in [2.05, 4.69) is 12.2 Å². The summed E-state index contributed by atoms with van der Waals surface area (Å²) in [5.74, 6) is 0.650. The third kappa shape index (κ3) is 4.09. The van der Waals surface area contributed by atoms with Crippen molar-refractivity contribution in [3.63, 3.8) is 0 Å². The first-order valence-electron chi connectivity index (χ1n) is 7.23. The van der Waals surface area contributed by atoms with Gasteiger partial charge in [0, 0.05) is 12.6 Å². The lowest BCUT2D eigenvalue weighted by atomic mass is 9.93. The molecule has 1 nitrogen and oxygen atoms in total. The number of rotatable bonds is 4. The minimum Gasteiger partial charge on any atom is -0.310 e. The summed E-state index contributed by atoms with van der Waals surface area (Å²) in [4.78, 5) is 0.